The monoisotopic (exact) mass is 342 g/mol. The molecule has 0 unspecified atom stereocenters. The third-order valence-electron chi connectivity index (χ3n) is 4.44. The maximum absolute atomic E-state index is 8.58. The molecule has 0 bridgehead atoms. The van der Waals surface area contributed by atoms with Crippen molar-refractivity contribution in [1.82, 2.24) is 4.98 Å². The van der Waals surface area contributed by atoms with E-state index in [0.717, 1.165) is 30.9 Å². The van der Waals surface area contributed by atoms with E-state index >= 15 is 0 Å². The molecule has 0 aliphatic carbocycles. The van der Waals surface area contributed by atoms with Gasteiger partial charge in [-0.25, -0.2) is 4.98 Å². The SMILES string of the molecule is CCOc1ccc(N)c(C(=N)c2ccnc(N3CC[C@@H](OC)C3)c2)c1.[HH]. The van der Waals surface area contributed by atoms with Crippen LogP contribution < -0.4 is 15.4 Å². The van der Waals surface area contributed by atoms with Crippen molar-refractivity contribution in [2.75, 3.05) is 37.4 Å². The first-order chi connectivity index (χ1) is 12.1. The lowest BCUT2D eigenvalue weighted by atomic mass is 10.0. The topological polar surface area (TPSA) is 84.5 Å². The van der Waals surface area contributed by atoms with E-state index in [1.165, 1.54) is 0 Å². The van der Waals surface area contributed by atoms with Crippen molar-refractivity contribution in [3.8, 4) is 5.75 Å². The van der Waals surface area contributed by atoms with Crippen LogP contribution in [0.15, 0.2) is 36.5 Å². The average molecular weight is 342 g/mol. The van der Waals surface area contributed by atoms with Crippen LogP contribution in [0, 0.1) is 5.41 Å². The number of hydrogen-bond acceptors (Lipinski definition) is 6. The second kappa shape index (κ2) is 7.53. The third-order valence-corrected chi connectivity index (χ3v) is 4.44. The normalized spacial score (nSPS) is 16.9. The Hall–Kier alpha value is -2.60. The van der Waals surface area contributed by atoms with Crippen molar-refractivity contribution in [3.63, 3.8) is 0 Å². The largest absolute Gasteiger partial charge is 0.494 e. The van der Waals surface area contributed by atoms with Gasteiger partial charge in [-0.05, 0) is 43.7 Å². The first-order valence-corrected chi connectivity index (χ1v) is 8.47. The number of nitrogen functional groups attached to an aromatic ring is 1. The maximum Gasteiger partial charge on any atom is 0.129 e. The van der Waals surface area contributed by atoms with E-state index in [4.69, 9.17) is 20.6 Å². The van der Waals surface area contributed by atoms with E-state index in [2.05, 4.69) is 9.88 Å². The molecule has 3 rings (SSSR count). The number of nitrogens with zero attached hydrogens (tertiary/aromatic N) is 2. The molecule has 1 saturated heterocycles. The zero-order valence-electron chi connectivity index (χ0n) is 14.7. The summed E-state index contributed by atoms with van der Waals surface area (Å²) < 4.78 is 10.9. The molecule has 1 atom stereocenters. The predicted octanol–water partition coefficient (Wildman–Crippen LogP) is 2.95. The average Bonchev–Trinajstić information content (AvgIpc) is 3.12. The first-order valence-electron chi connectivity index (χ1n) is 8.47. The van der Waals surface area contributed by atoms with Crippen LogP contribution in [0.3, 0.4) is 0 Å². The molecule has 0 amide bonds. The molecule has 134 valence electrons. The molecular weight excluding hydrogens is 316 g/mol. The standard InChI is InChI=1S/C19H24N4O2.H2/c1-3-25-14-4-5-17(20)16(11-14)19(21)13-6-8-22-18(10-13)23-9-7-15(12-23)24-2;/h4-6,8,10-11,15,21H,3,7,9,12,20H2,1-2H3;1H/t15-;/m1./s1. The molecule has 25 heavy (non-hydrogen) atoms. The van der Waals surface area contributed by atoms with Gasteiger partial charge in [0.1, 0.15) is 11.6 Å². The van der Waals surface area contributed by atoms with Gasteiger partial charge in [0.25, 0.3) is 0 Å². The second-order valence-electron chi connectivity index (χ2n) is 6.05. The number of rotatable bonds is 6. The summed E-state index contributed by atoms with van der Waals surface area (Å²) in [6.45, 7) is 4.23. The van der Waals surface area contributed by atoms with Crippen LogP contribution in [0.1, 0.15) is 25.9 Å². The molecule has 1 fully saturated rings. The fraction of sp³-hybridized carbons (Fsp3) is 0.368. The van der Waals surface area contributed by atoms with Gasteiger partial charge in [0.05, 0.1) is 18.4 Å². The molecule has 1 aromatic heterocycles. The van der Waals surface area contributed by atoms with Crippen molar-refractivity contribution < 1.29 is 10.9 Å². The summed E-state index contributed by atoms with van der Waals surface area (Å²) >= 11 is 0. The minimum absolute atomic E-state index is 0. The molecule has 6 nitrogen and oxygen atoms in total. The fourth-order valence-electron chi connectivity index (χ4n) is 3.04. The van der Waals surface area contributed by atoms with Gasteiger partial charge in [-0.15, -0.1) is 0 Å². The highest BCUT2D eigenvalue weighted by Gasteiger charge is 2.23. The molecule has 3 N–H and O–H groups in total. The molecule has 6 heteroatoms. The minimum Gasteiger partial charge on any atom is -0.494 e. The van der Waals surface area contributed by atoms with Gasteiger partial charge in [-0.2, -0.15) is 0 Å². The van der Waals surface area contributed by atoms with E-state index in [-0.39, 0.29) is 7.53 Å². The van der Waals surface area contributed by atoms with Crippen molar-refractivity contribution in [2.45, 2.75) is 19.4 Å². The van der Waals surface area contributed by atoms with Crippen molar-refractivity contribution in [2.24, 2.45) is 0 Å². The maximum atomic E-state index is 8.58. The van der Waals surface area contributed by atoms with Crippen LogP contribution in [-0.4, -0.2) is 43.6 Å². The quantitative estimate of drug-likeness (QED) is 0.623. The number of benzene rings is 1. The Bertz CT molecular complexity index is 769. The number of nitrogens with two attached hydrogens (primary N) is 1. The Morgan fingerprint density at radius 1 is 1.40 bits per heavy atom. The highest BCUT2D eigenvalue weighted by atomic mass is 16.5. The van der Waals surface area contributed by atoms with Gasteiger partial charge in [0.15, 0.2) is 0 Å². The highest BCUT2D eigenvalue weighted by molar-refractivity contribution is 6.14. The summed E-state index contributed by atoms with van der Waals surface area (Å²) in [4.78, 5) is 6.64. The second-order valence-corrected chi connectivity index (χ2v) is 6.05. The summed E-state index contributed by atoms with van der Waals surface area (Å²) in [7, 11) is 1.74. The molecule has 0 saturated carbocycles. The Balaban J connectivity index is 0.00000243. The molecule has 1 aliphatic heterocycles. The zero-order chi connectivity index (χ0) is 17.8. The highest BCUT2D eigenvalue weighted by Crippen LogP contribution is 2.25. The summed E-state index contributed by atoms with van der Waals surface area (Å²) in [5.74, 6) is 1.58. The third kappa shape index (κ3) is 3.74. The predicted molar refractivity (Wildman–Crippen MR) is 102 cm³/mol. The minimum atomic E-state index is 0. The lowest BCUT2D eigenvalue weighted by Crippen LogP contribution is -2.23. The smallest absolute Gasteiger partial charge is 0.129 e. The first kappa shape index (κ1) is 17.2. The Morgan fingerprint density at radius 2 is 2.24 bits per heavy atom. The van der Waals surface area contributed by atoms with E-state index in [9.17, 15) is 0 Å². The molecular formula is C19H26N4O2. The van der Waals surface area contributed by atoms with Gasteiger partial charge >= 0.3 is 0 Å². The summed E-state index contributed by atoms with van der Waals surface area (Å²) in [6, 6.07) is 9.19. The molecule has 0 radical (unpaired) electrons. The number of anilines is 2. The van der Waals surface area contributed by atoms with Gasteiger partial charge in [-0.3, -0.25) is 5.41 Å². The van der Waals surface area contributed by atoms with Crippen LogP contribution in [0.5, 0.6) is 5.75 Å². The Labute approximate surface area is 149 Å². The van der Waals surface area contributed by atoms with Gasteiger partial charge < -0.3 is 20.1 Å². The van der Waals surface area contributed by atoms with Gasteiger partial charge in [-0.1, -0.05) is 0 Å². The van der Waals surface area contributed by atoms with E-state index in [1.807, 2.05) is 31.2 Å². The molecule has 1 aromatic carbocycles. The number of hydrogen-bond donors (Lipinski definition) is 2. The molecule has 1 aliphatic rings. The van der Waals surface area contributed by atoms with Crippen molar-refractivity contribution >= 4 is 17.2 Å². The summed E-state index contributed by atoms with van der Waals surface area (Å²) in [5, 5.41) is 8.58. The van der Waals surface area contributed by atoms with Crippen LogP contribution in [0.2, 0.25) is 0 Å². The lowest BCUT2D eigenvalue weighted by molar-refractivity contribution is 0.121. The van der Waals surface area contributed by atoms with Crippen LogP contribution in [0.25, 0.3) is 0 Å². The van der Waals surface area contributed by atoms with Gasteiger partial charge in [0.2, 0.25) is 0 Å². The van der Waals surface area contributed by atoms with E-state index in [0.29, 0.717) is 29.3 Å². The van der Waals surface area contributed by atoms with Crippen LogP contribution >= 0.6 is 0 Å². The van der Waals surface area contributed by atoms with Crippen LogP contribution in [0.4, 0.5) is 11.5 Å². The Morgan fingerprint density at radius 3 is 2.96 bits per heavy atom. The molecule has 2 aromatic rings. The lowest BCUT2D eigenvalue weighted by Gasteiger charge is -2.18. The molecule has 0 spiro atoms. The van der Waals surface area contributed by atoms with E-state index in [1.54, 1.807) is 19.4 Å². The van der Waals surface area contributed by atoms with Crippen molar-refractivity contribution in [3.05, 3.63) is 47.7 Å². The number of methoxy groups -OCH3 is 1. The summed E-state index contributed by atoms with van der Waals surface area (Å²) in [5.41, 5.74) is 8.46. The number of pyridine rings is 1. The van der Waals surface area contributed by atoms with Gasteiger partial charge in [0, 0.05) is 44.6 Å². The van der Waals surface area contributed by atoms with E-state index < -0.39 is 0 Å². The van der Waals surface area contributed by atoms with Crippen molar-refractivity contribution in [1.29, 1.82) is 5.41 Å². The molecule has 2 heterocycles. The summed E-state index contributed by atoms with van der Waals surface area (Å²) in [6.07, 6.45) is 2.97. The van der Waals surface area contributed by atoms with Crippen LogP contribution in [-0.2, 0) is 4.74 Å². The number of ether oxygens (including phenoxy) is 2. The Kier molecular flexibility index (Phi) is 5.19. The number of aromatic nitrogens is 1. The number of nitrogens with one attached hydrogen (secondary N) is 1. The fourth-order valence-corrected chi connectivity index (χ4v) is 3.04. The zero-order valence-corrected chi connectivity index (χ0v) is 14.7.